The molecule has 0 aromatic heterocycles. The van der Waals surface area contributed by atoms with E-state index in [9.17, 15) is 9.59 Å². The Morgan fingerprint density at radius 3 is 1.50 bits per heavy atom. The summed E-state index contributed by atoms with van der Waals surface area (Å²) < 4.78 is 0. The van der Waals surface area contributed by atoms with Crippen molar-refractivity contribution in [3.63, 3.8) is 0 Å². The van der Waals surface area contributed by atoms with Crippen molar-refractivity contribution in [3.8, 4) is 11.8 Å². The van der Waals surface area contributed by atoms with Gasteiger partial charge in [0.1, 0.15) is 11.8 Å². The highest BCUT2D eigenvalue weighted by Crippen LogP contribution is 2.17. The number of carbonyl (C=O) groups is 2. The number of aliphatic carboxylic acids is 2. The molecule has 0 radical (unpaired) electrons. The first-order valence-corrected chi connectivity index (χ1v) is 3.58. The van der Waals surface area contributed by atoms with Gasteiger partial charge in [-0.1, -0.05) is 11.8 Å². The van der Waals surface area contributed by atoms with Gasteiger partial charge in [-0.2, -0.15) is 0 Å². The lowest BCUT2D eigenvalue weighted by molar-refractivity contribution is -0.143. The number of hydrogen-bond acceptors (Lipinski definition) is 2. The van der Waals surface area contributed by atoms with Gasteiger partial charge in [0.05, 0.1) is 0 Å². The summed E-state index contributed by atoms with van der Waals surface area (Å²) in [4.78, 5) is 20.8. The molecule has 0 saturated carbocycles. The number of carboxylic acid groups (broad SMARTS) is 2. The predicted octanol–water partition coefficient (Wildman–Crippen LogP) is 0.185. The van der Waals surface area contributed by atoms with Crippen molar-refractivity contribution < 1.29 is 19.8 Å². The highest BCUT2D eigenvalue weighted by molar-refractivity contribution is 5.77. The molecule has 0 amide bonds. The van der Waals surface area contributed by atoms with Gasteiger partial charge in [0, 0.05) is 0 Å². The molecule has 4 heteroatoms. The van der Waals surface area contributed by atoms with Crippen LogP contribution in [-0.2, 0) is 9.59 Å². The van der Waals surface area contributed by atoms with E-state index in [0.29, 0.717) is 12.8 Å². The summed E-state index contributed by atoms with van der Waals surface area (Å²) in [6.45, 7) is 0. The maximum Gasteiger partial charge on any atom is 0.318 e. The molecule has 1 rings (SSSR count). The lowest BCUT2D eigenvalue weighted by atomic mass is 9.91. The third-order valence-electron chi connectivity index (χ3n) is 1.77. The van der Waals surface area contributed by atoms with Gasteiger partial charge in [-0.3, -0.25) is 9.59 Å². The van der Waals surface area contributed by atoms with Gasteiger partial charge in [0.2, 0.25) is 0 Å². The SMILES string of the molecule is O=C(O)C1C#CC(C(=O)O)CC1. The zero-order valence-corrected chi connectivity index (χ0v) is 6.28. The summed E-state index contributed by atoms with van der Waals surface area (Å²) in [6, 6.07) is 0. The van der Waals surface area contributed by atoms with Crippen molar-refractivity contribution in [1.29, 1.82) is 0 Å². The van der Waals surface area contributed by atoms with Crippen LogP contribution in [0.3, 0.4) is 0 Å². The molecule has 2 atom stereocenters. The van der Waals surface area contributed by atoms with E-state index in [1.807, 2.05) is 0 Å². The summed E-state index contributed by atoms with van der Waals surface area (Å²) >= 11 is 0. The topological polar surface area (TPSA) is 74.6 Å². The Morgan fingerprint density at radius 1 is 1.00 bits per heavy atom. The second-order valence-corrected chi connectivity index (χ2v) is 2.65. The molecule has 1 aliphatic carbocycles. The fourth-order valence-electron chi connectivity index (χ4n) is 1.05. The molecule has 2 unspecified atom stereocenters. The summed E-state index contributed by atoms with van der Waals surface area (Å²) in [5.74, 6) is 1.55. The molecular weight excluding hydrogens is 160 g/mol. The highest BCUT2D eigenvalue weighted by Gasteiger charge is 2.24. The minimum Gasteiger partial charge on any atom is -0.480 e. The van der Waals surface area contributed by atoms with E-state index < -0.39 is 23.8 Å². The van der Waals surface area contributed by atoms with Crippen molar-refractivity contribution >= 4 is 11.9 Å². The maximum absolute atomic E-state index is 10.4. The van der Waals surface area contributed by atoms with E-state index >= 15 is 0 Å². The summed E-state index contributed by atoms with van der Waals surface area (Å²) in [6.07, 6.45) is 0.665. The van der Waals surface area contributed by atoms with Crippen molar-refractivity contribution in [2.24, 2.45) is 11.8 Å². The normalized spacial score (nSPS) is 27.0. The Bertz CT molecular complexity index is 245. The molecule has 0 aliphatic heterocycles. The largest absolute Gasteiger partial charge is 0.480 e. The van der Waals surface area contributed by atoms with Crippen LogP contribution in [0.5, 0.6) is 0 Å². The Hall–Kier alpha value is -1.50. The smallest absolute Gasteiger partial charge is 0.318 e. The predicted molar refractivity (Wildman–Crippen MR) is 39.3 cm³/mol. The second-order valence-electron chi connectivity index (χ2n) is 2.65. The van der Waals surface area contributed by atoms with Crippen LogP contribution in [0.25, 0.3) is 0 Å². The van der Waals surface area contributed by atoms with Gasteiger partial charge >= 0.3 is 11.9 Å². The van der Waals surface area contributed by atoms with Crippen LogP contribution in [0.1, 0.15) is 12.8 Å². The zero-order valence-electron chi connectivity index (χ0n) is 6.28. The van der Waals surface area contributed by atoms with Gasteiger partial charge in [-0.15, -0.1) is 0 Å². The van der Waals surface area contributed by atoms with Crippen molar-refractivity contribution in [3.05, 3.63) is 0 Å². The van der Waals surface area contributed by atoms with E-state index in [2.05, 4.69) is 11.8 Å². The fraction of sp³-hybridized carbons (Fsp3) is 0.500. The molecule has 2 N–H and O–H groups in total. The molecule has 1 aliphatic rings. The van der Waals surface area contributed by atoms with Crippen LogP contribution < -0.4 is 0 Å². The Balaban J connectivity index is 2.66. The molecule has 0 saturated heterocycles. The summed E-state index contributed by atoms with van der Waals surface area (Å²) in [5.41, 5.74) is 0. The quantitative estimate of drug-likeness (QED) is 0.577. The first-order chi connectivity index (χ1) is 5.61. The van der Waals surface area contributed by atoms with Crippen molar-refractivity contribution in [1.82, 2.24) is 0 Å². The van der Waals surface area contributed by atoms with Crippen LogP contribution in [0, 0.1) is 23.7 Å². The standard InChI is InChI=1S/C8H8O4/c9-7(10)5-1-2-6(4-3-5)8(11)12/h5-6H,1-2H2,(H,9,10)(H,11,12). The van der Waals surface area contributed by atoms with Crippen LogP contribution in [-0.4, -0.2) is 22.2 Å². The average Bonchev–Trinajstić information content (AvgIpc) is 2.04. The molecule has 0 spiro atoms. The molecule has 0 fully saturated rings. The van der Waals surface area contributed by atoms with Crippen LogP contribution >= 0.6 is 0 Å². The molecule has 0 aromatic carbocycles. The summed E-state index contributed by atoms with van der Waals surface area (Å²) in [7, 11) is 0. The number of carboxylic acids is 2. The van der Waals surface area contributed by atoms with Gasteiger partial charge < -0.3 is 10.2 Å². The number of rotatable bonds is 2. The molecule has 4 nitrogen and oxygen atoms in total. The Kier molecular flexibility index (Phi) is 2.34. The van der Waals surface area contributed by atoms with Crippen LogP contribution in [0.2, 0.25) is 0 Å². The monoisotopic (exact) mass is 168 g/mol. The minimum atomic E-state index is -0.966. The molecule has 12 heavy (non-hydrogen) atoms. The van der Waals surface area contributed by atoms with E-state index in [4.69, 9.17) is 10.2 Å². The Morgan fingerprint density at radius 2 is 1.33 bits per heavy atom. The summed E-state index contributed by atoms with van der Waals surface area (Å²) in [5, 5.41) is 17.0. The van der Waals surface area contributed by atoms with Crippen molar-refractivity contribution in [2.45, 2.75) is 12.8 Å². The molecule has 0 heterocycles. The van der Waals surface area contributed by atoms with Gasteiger partial charge in [-0.05, 0) is 12.8 Å². The lowest BCUT2D eigenvalue weighted by Gasteiger charge is -2.12. The Labute approximate surface area is 69.2 Å². The van der Waals surface area contributed by atoms with Gasteiger partial charge in [0.15, 0.2) is 0 Å². The van der Waals surface area contributed by atoms with Crippen LogP contribution in [0.4, 0.5) is 0 Å². The molecule has 64 valence electrons. The molecule has 0 bridgehead atoms. The first-order valence-electron chi connectivity index (χ1n) is 3.58. The van der Waals surface area contributed by atoms with Crippen molar-refractivity contribution in [2.75, 3.05) is 0 Å². The van der Waals surface area contributed by atoms with Gasteiger partial charge in [0.25, 0.3) is 0 Å². The average molecular weight is 168 g/mol. The third-order valence-corrected chi connectivity index (χ3v) is 1.77. The maximum atomic E-state index is 10.4. The second kappa shape index (κ2) is 3.26. The molecule has 0 aromatic rings. The lowest BCUT2D eigenvalue weighted by Crippen LogP contribution is -2.21. The van der Waals surface area contributed by atoms with E-state index in [0.717, 1.165) is 0 Å². The fourth-order valence-corrected chi connectivity index (χ4v) is 1.05. The molecular formula is C8H8O4. The van der Waals surface area contributed by atoms with E-state index in [1.54, 1.807) is 0 Å². The third kappa shape index (κ3) is 1.76. The van der Waals surface area contributed by atoms with Crippen LogP contribution in [0.15, 0.2) is 0 Å². The zero-order chi connectivity index (χ0) is 9.14. The first kappa shape index (κ1) is 8.60. The minimum absolute atomic E-state index is 0.333. The highest BCUT2D eigenvalue weighted by atomic mass is 16.4. The van der Waals surface area contributed by atoms with E-state index in [1.165, 1.54) is 0 Å². The van der Waals surface area contributed by atoms with E-state index in [-0.39, 0.29) is 0 Å². The van der Waals surface area contributed by atoms with Gasteiger partial charge in [-0.25, -0.2) is 0 Å². The number of hydrogen-bond donors (Lipinski definition) is 2.